The van der Waals surface area contributed by atoms with E-state index in [1.165, 1.54) is 0 Å². The van der Waals surface area contributed by atoms with E-state index in [0.29, 0.717) is 0 Å². The molecule has 0 bridgehead atoms. The first-order valence-electron chi connectivity index (χ1n) is 0.632. The van der Waals surface area contributed by atoms with E-state index in [1.54, 1.807) is 0 Å². The maximum absolute atomic E-state index is 8.60. The van der Waals surface area contributed by atoms with Crippen LogP contribution >= 0.6 is 0 Å². The van der Waals surface area contributed by atoms with Crippen molar-refractivity contribution in [3.63, 3.8) is 0 Å². The molecule has 0 rings (SSSR count). The molecule has 0 fully saturated rings. The first kappa shape index (κ1) is 10.4. The van der Waals surface area contributed by atoms with Gasteiger partial charge in [0, 0.05) is 0 Å². The topological polar surface area (TPSA) is 89.4 Å². The predicted molar refractivity (Wildman–Crippen MR) is 10.8 cm³/mol. The Labute approximate surface area is 66.1 Å². The summed E-state index contributed by atoms with van der Waals surface area (Å²) < 4.78 is 32.7. The average Bonchev–Trinajstić information content (AvgIpc) is 0.722. The Hall–Kier alpha value is 1.39. The minimum absolute atomic E-state index is 0. The van der Waals surface area contributed by atoms with Crippen molar-refractivity contribution in [1.82, 2.24) is 0 Å². The van der Waals surface area contributed by atoms with Gasteiger partial charge in [0.15, 0.2) is 0 Å². The van der Waals surface area contributed by atoms with E-state index >= 15 is 0 Å². The van der Waals surface area contributed by atoms with Crippen molar-refractivity contribution in [2.75, 3.05) is 0 Å². The second-order valence-electron chi connectivity index (χ2n) is 0.396. The maximum atomic E-state index is 8.60. The second kappa shape index (κ2) is 3.40. The fourth-order valence-corrected chi connectivity index (χ4v) is 0. The number of halogens is 1. The fraction of sp³-hybridized carbons (Fsp3) is 0. The minimum Gasteiger partial charge on any atom is -0.183 e. The molecular formula is H3CaClO4. The van der Waals surface area contributed by atoms with Crippen LogP contribution in [0, 0.1) is 10.2 Å². The van der Waals surface area contributed by atoms with Crippen molar-refractivity contribution >= 4 is 37.7 Å². The van der Waals surface area contributed by atoms with E-state index in [4.69, 9.17) is 18.6 Å². The smallest absolute Gasteiger partial charge is 0.0777 e. The van der Waals surface area contributed by atoms with Crippen LogP contribution in [-0.2, 0) is 0 Å². The van der Waals surface area contributed by atoms with Gasteiger partial charge >= 0.3 is 37.7 Å². The van der Waals surface area contributed by atoms with Gasteiger partial charge < -0.3 is 0 Å². The van der Waals surface area contributed by atoms with Crippen LogP contribution in [0.1, 0.15) is 0 Å². The zero-order valence-electron chi connectivity index (χ0n) is 2.05. The molecule has 0 spiro atoms. The Balaban J connectivity index is 0. The molecule has 0 saturated heterocycles. The molecule has 0 aliphatic rings. The van der Waals surface area contributed by atoms with E-state index < -0.39 is 10.2 Å². The molecule has 6 heavy (non-hydrogen) atoms. The third kappa shape index (κ3) is 53.8. The molecule has 0 aliphatic heterocycles. The average molecular weight is 143 g/mol. The van der Waals surface area contributed by atoms with E-state index in [-0.39, 0.29) is 37.7 Å². The molecule has 0 unspecified atom stereocenters. The van der Waals surface area contributed by atoms with Gasteiger partial charge in [0.05, 0.1) is 14.9 Å². The molecule has 4 nitrogen and oxygen atoms in total. The number of rotatable bonds is 0. The van der Waals surface area contributed by atoms with E-state index in [2.05, 4.69) is 0 Å². The van der Waals surface area contributed by atoms with Crippen LogP contribution in [0.4, 0.5) is 0 Å². The molecule has 0 aromatic rings. The standard InChI is InChI=1S/Ca.ClHO4.2H/c;2-1(3,4)5;;/h;(H,2,3,4,5);;. The Bertz CT molecular complexity index is 23.0. The van der Waals surface area contributed by atoms with Gasteiger partial charge in [0.25, 0.3) is 0 Å². The zero-order chi connectivity index (χ0) is 4.50. The summed E-state index contributed by atoms with van der Waals surface area (Å²) >= 11 is 0. The molecule has 1 N–H and O–H groups in total. The summed E-state index contributed by atoms with van der Waals surface area (Å²) in [7, 11) is -4.69. The van der Waals surface area contributed by atoms with Gasteiger partial charge in [-0.2, -0.15) is 14.0 Å². The van der Waals surface area contributed by atoms with Gasteiger partial charge in [-0.3, -0.25) is 0 Å². The SMILES string of the molecule is [CaH2].[O-][Cl+3]([O-])([O-])O. The third-order valence-corrected chi connectivity index (χ3v) is 0. The monoisotopic (exact) mass is 142 g/mol. The van der Waals surface area contributed by atoms with Crippen LogP contribution in [0.5, 0.6) is 0 Å². The molecule has 0 atom stereocenters. The van der Waals surface area contributed by atoms with Crippen molar-refractivity contribution in [3.8, 4) is 0 Å². The minimum atomic E-state index is -4.69. The van der Waals surface area contributed by atoms with Gasteiger partial charge in [-0.1, -0.05) is 0 Å². The van der Waals surface area contributed by atoms with Crippen LogP contribution in [0.2, 0.25) is 0 Å². The van der Waals surface area contributed by atoms with Gasteiger partial charge in [-0.15, -0.1) is 0 Å². The number of hydrogen-bond donors (Lipinski definition) is 1. The first-order valence-corrected chi connectivity index (χ1v) is 1.90. The van der Waals surface area contributed by atoms with Crippen molar-refractivity contribution < 1.29 is 28.9 Å². The Morgan fingerprint density at radius 1 is 1.17 bits per heavy atom. The van der Waals surface area contributed by atoms with Crippen LogP contribution in [0.3, 0.4) is 0 Å². The molecule has 0 aromatic carbocycles. The Morgan fingerprint density at radius 2 is 1.17 bits per heavy atom. The molecule has 0 aromatic heterocycles. The summed E-state index contributed by atoms with van der Waals surface area (Å²) in [4.78, 5) is 0. The molecule has 6 heteroatoms. The summed E-state index contributed by atoms with van der Waals surface area (Å²) in [5.74, 6) is 0. The molecule has 36 valence electrons. The van der Waals surface area contributed by atoms with Crippen LogP contribution < -0.4 is 14.0 Å². The van der Waals surface area contributed by atoms with Crippen LogP contribution in [0.15, 0.2) is 0 Å². The molecule has 0 heterocycles. The van der Waals surface area contributed by atoms with Crippen molar-refractivity contribution in [2.24, 2.45) is 0 Å². The van der Waals surface area contributed by atoms with Crippen molar-refractivity contribution in [1.29, 1.82) is 0 Å². The zero-order valence-corrected chi connectivity index (χ0v) is 2.81. The molecule has 0 aliphatic carbocycles. The van der Waals surface area contributed by atoms with Crippen molar-refractivity contribution in [3.05, 3.63) is 0 Å². The van der Waals surface area contributed by atoms with E-state index in [9.17, 15) is 0 Å². The normalized spacial score (nSPS) is 10.0. The quantitative estimate of drug-likeness (QED) is 0.343. The summed E-state index contributed by atoms with van der Waals surface area (Å²) in [5, 5.41) is 0. The van der Waals surface area contributed by atoms with Crippen molar-refractivity contribution in [2.45, 2.75) is 0 Å². The summed E-state index contributed by atoms with van der Waals surface area (Å²) in [6.45, 7) is 0. The van der Waals surface area contributed by atoms with Gasteiger partial charge in [0.1, 0.15) is 0 Å². The largest absolute Gasteiger partial charge is 0.183 e. The summed E-state index contributed by atoms with van der Waals surface area (Å²) in [6, 6.07) is 0. The Morgan fingerprint density at radius 3 is 1.17 bits per heavy atom. The molecule has 0 saturated carbocycles. The van der Waals surface area contributed by atoms with Crippen LogP contribution in [-0.4, -0.2) is 42.4 Å². The van der Waals surface area contributed by atoms with Crippen LogP contribution in [0.25, 0.3) is 0 Å². The predicted octanol–water partition coefficient (Wildman–Crippen LogP) is -5.04. The second-order valence-corrected chi connectivity index (χ2v) is 1.19. The van der Waals surface area contributed by atoms with E-state index in [0.717, 1.165) is 0 Å². The van der Waals surface area contributed by atoms with Gasteiger partial charge in [-0.05, 0) is 0 Å². The Kier molecular flexibility index (Phi) is 5.88. The number of hydrogen-bond acceptors (Lipinski definition) is 4. The van der Waals surface area contributed by atoms with E-state index in [1.807, 2.05) is 0 Å². The molecule has 0 amide bonds. The summed E-state index contributed by atoms with van der Waals surface area (Å²) in [6.07, 6.45) is 0. The van der Waals surface area contributed by atoms with Gasteiger partial charge in [-0.25, -0.2) is 0 Å². The molecular weight excluding hydrogens is 140 g/mol. The van der Waals surface area contributed by atoms with Gasteiger partial charge in [0.2, 0.25) is 0 Å². The summed E-state index contributed by atoms with van der Waals surface area (Å²) in [5.41, 5.74) is 0. The first-order chi connectivity index (χ1) is 2.00. The third-order valence-electron chi connectivity index (χ3n) is 0. The fourth-order valence-electron chi connectivity index (χ4n) is 0. The maximum Gasteiger partial charge on any atom is 0.0777 e. The molecule has 0 radical (unpaired) electrons.